The lowest BCUT2D eigenvalue weighted by molar-refractivity contribution is 0.589. The molecule has 0 aliphatic heterocycles. The van der Waals surface area contributed by atoms with Gasteiger partial charge in [0, 0.05) is 6.54 Å². The number of hydrogen-bond acceptors (Lipinski definition) is 1. The third kappa shape index (κ3) is 2.99. The molecular formula is C16H17F2N. The highest BCUT2D eigenvalue weighted by Crippen LogP contribution is 2.30. The van der Waals surface area contributed by atoms with Crippen LogP contribution in [0.5, 0.6) is 0 Å². The number of hydrogen-bond donors (Lipinski definition) is 1. The summed E-state index contributed by atoms with van der Waals surface area (Å²) in [6.45, 7) is 5.32. The quantitative estimate of drug-likeness (QED) is 0.875. The fourth-order valence-corrected chi connectivity index (χ4v) is 2.09. The highest BCUT2D eigenvalue weighted by atomic mass is 19.1. The summed E-state index contributed by atoms with van der Waals surface area (Å²) in [5.74, 6) is -1.05. The number of nitrogens with one attached hydrogen (secondary N) is 1. The lowest BCUT2D eigenvalue weighted by atomic mass is 9.96. The predicted octanol–water partition coefficient (Wildman–Crippen LogP) is 4.05. The number of benzene rings is 2. The zero-order valence-corrected chi connectivity index (χ0v) is 11.1. The van der Waals surface area contributed by atoms with Gasteiger partial charge in [0.2, 0.25) is 0 Å². The van der Waals surface area contributed by atoms with Gasteiger partial charge in [-0.25, -0.2) is 8.78 Å². The van der Waals surface area contributed by atoms with E-state index in [1.807, 2.05) is 32.0 Å². The van der Waals surface area contributed by atoms with Gasteiger partial charge in [-0.3, -0.25) is 0 Å². The second kappa shape index (κ2) is 5.93. The molecule has 0 amide bonds. The molecule has 0 heterocycles. The molecule has 0 aromatic heterocycles. The van der Waals surface area contributed by atoms with E-state index in [2.05, 4.69) is 5.32 Å². The van der Waals surface area contributed by atoms with Gasteiger partial charge < -0.3 is 5.32 Å². The third-order valence-corrected chi connectivity index (χ3v) is 3.06. The molecule has 0 saturated heterocycles. The van der Waals surface area contributed by atoms with E-state index >= 15 is 0 Å². The first-order valence-electron chi connectivity index (χ1n) is 6.38. The molecule has 0 bridgehead atoms. The molecule has 0 spiro atoms. The van der Waals surface area contributed by atoms with Gasteiger partial charge in [-0.15, -0.1) is 0 Å². The van der Waals surface area contributed by atoms with Crippen molar-refractivity contribution in [2.45, 2.75) is 20.4 Å². The second-order valence-corrected chi connectivity index (χ2v) is 4.54. The van der Waals surface area contributed by atoms with Crippen LogP contribution < -0.4 is 5.32 Å². The maximum Gasteiger partial charge on any atom is 0.133 e. The van der Waals surface area contributed by atoms with E-state index in [1.165, 1.54) is 18.2 Å². The van der Waals surface area contributed by atoms with Crippen molar-refractivity contribution in [3.05, 3.63) is 59.2 Å². The van der Waals surface area contributed by atoms with Gasteiger partial charge in [0.1, 0.15) is 11.6 Å². The van der Waals surface area contributed by atoms with Gasteiger partial charge in [-0.2, -0.15) is 0 Å². The Morgan fingerprint density at radius 2 is 1.74 bits per heavy atom. The molecule has 0 saturated carbocycles. The van der Waals surface area contributed by atoms with Gasteiger partial charge >= 0.3 is 0 Å². The molecule has 0 aliphatic rings. The zero-order chi connectivity index (χ0) is 13.8. The van der Waals surface area contributed by atoms with Crippen LogP contribution in [0.15, 0.2) is 36.4 Å². The van der Waals surface area contributed by atoms with Gasteiger partial charge in [0.25, 0.3) is 0 Å². The standard InChI is InChI=1S/C16H17F2N/c1-3-19-10-12-8-7-11(2)9-13(12)16-14(17)5-4-6-15(16)18/h4-9,19H,3,10H2,1-2H3. The lowest BCUT2D eigenvalue weighted by Crippen LogP contribution is -2.13. The maximum atomic E-state index is 13.9. The highest BCUT2D eigenvalue weighted by molar-refractivity contribution is 5.69. The van der Waals surface area contributed by atoms with Gasteiger partial charge in [-0.1, -0.05) is 36.8 Å². The summed E-state index contributed by atoms with van der Waals surface area (Å²) in [5, 5.41) is 3.19. The molecule has 3 heteroatoms. The summed E-state index contributed by atoms with van der Waals surface area (Å²) in [6, 6.07) is 9.66. The van der Waals surface area contributed by atoms with Crippen LogP contribution in [-0.2, 0) is 6.54 Å². The molecule has 0 fully saturated rings. The first kappa shape index (κ1) is 13.7. The average Bonchev–Trinajstić information content (AvgIpc) is 2.37. The van der Waals surface area contributed by atoms with E-state index in [9.17, 15) is 8.78 Å². The smallest absolute Gasteiger partial charge is 0.133 e. The summed E-state index contributed by atoms with van der Waals surface area (Å²) in [4.78, 5) is 0. The second-order valence-electron chi connectivity index (χ2n) is 4.54. The van der Waals surface area contributed by atoms with Crippen molar-refractivity contribution >= 4 is 0 Å². The molecule has 1 N–H and O–H groups in total. The maximum absolute atomic E-state index is 13.9. The molecular weight excluding hydrogens is 244 g/mol. The van der Waals surface area contributed by atoms with Crippen molar-refractivity contribution in [1.82, 2.24) is 5.32 Å². The molecule has 0 unspecified atom stereocenters. The predicted molar refractivity (Wildman–Crippen MR) is 73.9 cm³/mol. The fraction of sp³-hybridized carbons (Fsp3) is 0.250. The zero-order valence-electron chi connectivity index (χ0n) is 11.1. The largest absolute Gasteiger partial charge is 0.313 e. The summed E-state index contributed by atoms with van der Waals surface area (Å²) in [7, 11) is 0. The van der Waals surface area contributed by atoms with Crippen molar-refractivity contribution in [1.29, 1.82) is 0 Å². The number of rotatable bonds is 4. The summed E-state index contributed by atoms with van der Waals surface area (Å²) >= 11 is 0. The normalized spacial score (nSPS) is 10.7. The minimum Gasteiger partial charge on any atom is -0.313 e. The van der Waals surface area contributed by atoms with E-state index in [1.54, 1.807) is 0 Å². The molecule has 2 rings (SSSR count). The minimum absolute atomic E-state index is 0.0547. The SMILES string of the molecule is CCNCc1ccc(C)cc1-c1c(F)cccc1F. The Bertz CT molecular complexity index is 559. The molecule has 1 nitrogen and oxygen atoms in total. The van der Waals surface area contributed by atoms with Crippen molar-refractivity contribution in [3.8, 4) is 11.1 Å². The first-order chi connectivity index (χ1) is 9.13. The van der Waals surface area contributed by atoms with E-state index in [0.29, 0.717) is 12.1 Å². The fourth-order valence-electron chi connectivity index (χ4n) is 2.09. The van der Waals surface area contributed by atoms with Crippen LogP contribution in [0, 0.1) is 18.6 Å². The molecule has 19 heavy (non-hydrogen) atoms. The number of halogens is 2. The Morgan fingerprint density at radius 1 is 1.05 bits per heavy atom. The van der Waals surface area contributed by atoms with Crippen LogP contribution in [0.2, 0.25) is 0 Å². The van der Waals surface area contributed by atoms with E-state index in [4.69, 9.17) is 0 Å². The Morgan fingerprint density at radius 3 is 2.37 bits per heavy atom. The topological polar surface area (TPSA) is 12.0 Å². The summed E-state index contributed by atoms with van der Waals surface area (Å²) < 4.78 is 27.8. The molecule has 2 aromatic carbocycles. The van der Waals surface area contributed by atoms with Crippen molar-refractivity contribution in [2.75, 3.05) is 6.54 Å². The Labute approximate surface area is 112 Å². The average molecular weight is 261 g/mol. The van der Waals surface area contributed by atoms with Crippen LogP contribution in [-0.4, -0.2) is 6.54 Å². The van der Waals surface area contributed by atoms with Crippen molar-refractivity contribution in [3.63, 3.8) is 0 Å². The van der Waals surface area contributed by atoms with Crippen molar-refractivity contribution in [2.24, 2.45) is 0 Å². The van der Waals surface area contributed by atoms with Gasteiger partial charge in [-0.05, 0) is 36.7 Å². The summed E-state index contributed by atoms with van der Waals surface area (Å²) in [6.07, 6.45) is 0. The Hall–Kier alpha value is -1.74. The van der Waals surface area contributed by atoms with Gasteiger partial charge in [0.15, 0.2) is 0 Å². The minimum atomic E-state index is -0.525. The third-order valence-electron chi connectivity index (χ3n) is 3.06. The molecule has 0 atom stereocenters. The van der Waals surface area contributed by atoms with Crippen LogP contribution >= 0.6 is 0 Å². The van der Waals surface area contributed by atoms with E-state index < -0.39 is 11.6 Å². The highest BCUT2D eigenvalue weighted by Gasteiger charge is 2.14. The van der Waals surface area contributed by atoms with E-state index in [0.717, 1.165) is 17.7 Å². The van der Waals surface area contributed by atoms with Crippen LogP contribution in [0.3, 0.4) is 0 Å². The molecule has 0 aliphatic carbocycles. The van der Waals surface area contributed by atoms with Crippen LogP contribution in [0.25, 0.3) is 11.1 Å². The van der Waals surface area contributed by atoms with Crippen molar-refractivity contribution < 1.29 is 8.78 Å². The molecule has 0 radical (unpaired) electrons. The summed E-state index contributed by atoms with van der Waals surface area (Å²) in [5.41, 5.74) is 2.56. The van der Waals surface area contributed by atoms with Crippen LogP contribution in [0.1, 0.15) is 18.1 Å². The Balaban J connectivity index is 2.56. The van der Waals surface area contributed by atoms with Gasteiger partial charge in [0.05, 0.1) is 5.56 Å². The Kier molecular flexibility index (Phi) is 4.27. The molecule has 100 valence electrons. The van der Waals surface area contributed by atoms with Crippen LogP contribution in [0.4, 0.5) is 8.78 Å². The lowest BCUT2D eigenvalue weighted by Gasteiger charge is -2.13. The molecule has 2 aromatic rings. The monoisotopic (exact) mass is 261 g/mol. The first-order valence-corrected chi connectivity index (χ1v) is 6.38. The number of aryl methyl sites for hydroxylation is 1. The van der Waals surface area contributed by atoms with E-state index in [-0.39, 0.29) is 5.56 Å².